The molecule has 1 amide bonds. The summed E-state index contributed by atoms with van der Waals surface area (Å²) < 4.78 is 31.5. The number of hydrogen-bond acceptors (Lipinski definition) is 9. The summed E-state index contributed by atoms with van der Waals surface area (Å²) in [4.78, 5) is 29.4. The molecule has 2 saturated heterocycles. The SMILES string of the molecule is CC(=O)N1CCC2(CC1)CN(c1cc(Nc3cc(OC(F)F)ccn3)nc(-c3cnn(CC(C)(C)O)c3)n1)C2. The number of carbonyl (C=O) groups excluding carboxylic acids is 1. The topological polar surface area (TPSA) is 122 Å². The van der Waals surface area contributed by atoms with Crippen LogP contribution in [-0.4, -0.2) is 79.0 Å². The Morgan fingerprint density at radius 2 is 1.95 bits per heavy atom. The zero-order valence-electron chi connectivity index (χ0n) is 22.1. The van der Waals surface area contributed by atoms with Crippen LogP contribution in [0.1, 0.15) is 33.6 Å². The number of aromatic nitrogens is 5. The van der Waals surface area contributed by atoms with E-state index in [0.717, 1.165) is 39.0 Å². The first-order chi connectivity index (χ1) is 18.5. The number of rotatable bonds is 8. The number of carbonyl (C=O) groups is 1. The lowest BCUT2D eigenvalue weighted by molar-refractivity contribution is -0.131. The van der Waals surface area contributed by atoms with E-state index in [9.17, 15) is 18.7 Å². The van der Waals surface area contributed by atoms with Gasteiger partial charge in [-0.25, -0.2) is 15.0 Å². The Hall–Kier alpha value is -3.87. The second kappa shape index (κ2) is 10.4. The van der Waals surface area contributed by atoms with Crippen LogP contribution in [0.15, 0.2) is 36.8 Å². The number of nitrogens with one attached hydrogen (secondary N) is 1. The van der Waals surface area contributed by atoms with Crippen LogP contribution in [0, 0.1) is 5.41 Å². The number of aliphatic hydroxyl groups is 1. The Kier molecular flexibility index (Phi) is 7.10. The van der Waals surface area contributed by atoms with Gasteiger partial charge in [0.05, 0.1) is 23.9 Å². The zero-order valence-corrected chi connectivity index (χ0v) is 22.1. The number of hydrogen-bond donors (Lipinski definition) is 2. The number of pyridine rings is 1. The van der Waals surface area contributed by atoms with E-state index in [1.165, 1.54) is 18.3 Å². The first kappa shape index (κ1) is 26.7. The number of ether oxygens (including phenoxy) is 1. The molecule has 0 bridgehead atoms. The fourth-order valence-corrected chi connectivity index (χ4v) is 5.08. The average molecular weight is 543 g/mol. The first-order valence-electron chi connectivity index (χ1n) is 12.8. The van der Waals surface area contributed by atoms with E-state index < -0.39 is 12.2 Å². The van der Waals surface area contributed by atoms with Gasteiger partial charge in [-0.1, -0.05) is 0 Å². The minimum absolute atomic E-state index is 0.0218. The van der Waals surface area contributed by atoms with Crippen LogP contribution in [0.25, 0.3) is 11.4 Å². The van der Waals surface area contributed by atoms with Gasteiger partial charge in [-0.15, -0.1) is 0 Å². The highest BCUT2D eigenvalue weighted by molar-refractivity contribution is 5.73. The second-order valence-electron chi connectivity index (χ2n) is 10.9. The Labute approximate surface area is 224 Å². The lowest BCUT2D eigenvalue weighted by atomic mass is 9.72. The van der Waals surface area contributed by atoms with Gasteiger partial charge < -0.3 is 25.0 Å². The molecule has 2 aliphatic heterocycles. The number of anilines is 3. The van der Waals surface area contributed by atoms with Gasteiger partial charge >= 0.3 is 6.61 Å². The van der Waals surface area contributed by atoms with E-state index in [2.05, 4.69) is 30.0 Å². The van der Waals surface area contributed by atoms with Gasteiger partial charge in [0.25, 0.3) is 0 Å². The Morgan fingerprint density at radius 1 is 1.21 bits per heavy atom. The second-order valence-corrected chi connectivity index (χ2v) is 10.9. The Balaban J connectivity index is 1.40. The summed E-state index contributed by atoms with van der Waals surface area (Å²) in [6, 6.07) is 4.52. The molecule has 2 aliphatic rings. The molecule has 0 aliphatic carbocycles. The molecule has 0 saturated carbocycles. The molecule has 0 unspecified atom stereocenters. The van der Waals surface area contributed by atoms with Crippen LogP contribution in [-0.2, 0) is 11.3 Å². The number of likely N-dealkylation sites (tertiary alicyclic amines) is 1. The summed E-state index contributed by atoms with van der Waals surface area (Å²) in [7, 11) is 0. The molecule has 2 fully saturated rings. The van der Waals surface area contributed by atoms with E-state index in [1.807, 2.05) is 4.90 Å². The number of alkyl halides is 2. The molecule has 2 N–H and O–H groups in total. The monoisotopic (exact) mass is 542 g/mol. The minimum atomic E-state index is -2.95. The lowest BCUT2D eigenvalue weighted by Gasteiger charge is -2.54. The lowest BCUT2D eigenvalue weighted by Crippen LogP contribution is -2.61. The zero-order chi connectivity index (χ0) is 27.8. The van der Waals surface area contributed by atoms with Crippen molar-refractivity contribution in [1.82, 2.24) is 29.6 Å². The summed E-state index contributed by atoms with van der Waals surface area (Å²) in [6.45, 7) is 5.49. The molecule has 11 nitrogen and oxygen atoms in total. The summed E-state index contributed by atoms with van der Waals surface area (Å²) in [5.74, 6) is 1.93. The third-order valence-electron chi connectivity index (χ3n) is 7.01. The van der Waals surface area contributed by atoms with Gasteiger partial charge in [-0.2, -0.15) is 13.9 Å². The van der Waals surface area contributed by atoms with Gasteiger partial charge in [-0.05, 0) is 32.8 Å². The minimum Gasteiger partial charge on any atom is -0.435 e. The predicted molar refractivity (Wildman–Crippen MR) is 140 cm³/mol. The van der Waals surface area contributed by atoms with Gasteiger partial charge in [-0.3, -0.25) is 9.48 Å². The van der Waals surface area contributed by atoms with Crippen molar-refractivity contribution in [3.05, 3.63) is 36.8 Å². The van der Waals surface area contributed by atoms with Crippen LogP contribution < -0.4 is 15.0 Å². The summed E-state index contributed by atoms with van der Waals surface area (Å²) >= 11 is 0. The van der Waals surface area contributed by atoms with Crippen LogP contribution in [0.3, 0.4) is 0 Å². The Bertz CT molecular complexity index is 1330. The molecular formula is C26H32F2N8O3. The molecule has 5 rings (SSSR count). The van der Waals surface area contributed by atoms with Crippen molar-refractivity contribution < 1.29 is 23.4 Å². The van der Waals surface area contributed by atoms with Gasteiger partial charge in [0.15, 0.2) is 5.82 Å². The number of piperidine rings is 1. The molecule has 3 aromatic heterocycles. The molecule has 1 spiro atoms. The Morgan fingerprint density at radius 3 is 2.62 bits per heavy atom. The average Bonchev–Trinajstić information content (AvgIpc) is 3.29. The number of halogens is 2. The first-order valence-corrected chi connectivity index (χ1v) is 12.8. The van der Waals surface area contributed by atoms with Gasteiger partial charge in [0.1, 0.15) is 23.2 Å². The maximum Gasteiger partial charge on any atom is 0.387 e. The molecular weight excluding hydrogens is 510 g/mol. The number of nitrogens with zero attached hydrogens (tertiary/aromatic N) is 7. The molecule has 208 valence electrons. The van der Waals surface area contributed by atoms with Crippen molar-refractivity contribution in [3.8, 4) is 17.1 Å². The maximum atomic E-state index is 12.7. The van der Waals surface area contributed by atoms with Gasteiger partial charge in [0.2, 0.25) is 5.91 Å². The molecule has 13 heteroatoms. The van der Waals surface area contributed by atoms with Crippen molar-refractivity contribution in [2.75, 3.05) is 36.4 Å². The van der Waals surface area contributed by atoms with Crippen LogP contribution in [0.4, 0.5) is 26.2 Å². The van der Waals surface area contributed by atoms with Crippen molar-refractivity contribution in [2.45, 2.75) is 52.4 Å². The molecule has 5 heterocycles. The van der Waals surface area contributed by atoms with Crippen LogP contribution >= 0.6 is 0 Å². The van der Waals surface area contributed by atoms with Crippen molar-refractivity contribution in [1.29, 1.82) is 0 Å². The summed E-state index contributed by atoms with van der Waals surface area (Å²) in [5.41, 5.74) is -0.137. The fourth-order valence-electron chi connectivity index (χ4n) is 5.08. The summed E-state index contributed by atoms with van der Waals surface area (Å²) in [5, 5.41) is 17.6. The standard InChI is InChI=1S/C26H32F2N8O3/c1-17(37)34-8-5-26(6-9-34)15-35(16-26)22-11-21(31-20-10-19(4-7-29-20)39-24(27)28)32-23(33-22)18-12-30-36(13-18)14-25(2,3)38/h4,7,10-13,24,38H,5-6,8-9,14-16H2,1-3H3,(H,29,31,32,33). The maximum absolute atomic E-state index is 12.7. The molecule has 0 radical (unpaired) electrons. The highest BCUT2D eigenvalue weighted by Crippen LogP contribution is 2.43. The van der Waals surface area contributed by atoms with E-state index in [0.29, 0.717) is 29.6 Å². The third kappa shape index (κ3) is 6.41. The predicted octanol–water partition coefficient (Wildman–Crippen LogP) is 3.30. The van der Waals surface area contributed by atoms with E-state index >= 15 is 0 Å². The van der Waals surface area contributed by atoms with Crippen LogP contribution in [0.2, 0.25) is 0 Å². The van der Waals surface area contributed by atoms with Crippen molar-refractivity contribution in [2.24, 2.45) is 5.41 Å². The molecule has 0 atom stereocenters. The smallest absolute Gasteiger partial charge is 0.387 e. The van der Waals surface area contributed by atoms with E-state index in [1.54, 1.807) is 43.9 Å². The van der Waals surface area contributed by atoms with Crippen molar-refractivity contribution in [3.63, 3.8) is 0 Å². The highest BCUT2D eigenvalue weighted by atomic mass is 19.3. The molecule has 0 aromatic carbocycles. The molecule has 39 heavy (non-hydrogen) atoms. The third-order valence-corrected chi connectivity index (χ3v) is 7.01. The molecule has 3 aromatic rings. The van der Waals surface area contributed by atoms with Gasteiger partial charge in [0, 0.05) is 63.0 Å². The van der Waals surface area contributed by atoms with Crippen LogP contribution in [0.5, 0.6) is 5.75 Å². The van der Waals surface area contributed by atoms with E-state index in [-0.39, 0.29) is 22.9 Å². The van der Waals surface area contributed by atoms with E-state index in [4.69, 9.17) is 4.98 Å². The quantitative estimate of drug-likeness (QED) is 0.442. The van der Waals surface area contributed by atoms with Crippen molar-refractivity contribution >= 4 is 23.4 Å². The largest absolute Gasteiger partial charge is 0.435 e. The summed E-state index contributed by atoms with van der Waals surface area (Å²) in [6.07, 6.45) is 6.66. The normalized spacial score (nSPS) is 16.9. The fraction of sp³-hybridized carbons (Fsp3) is 0.500. The highest BCUT2D eigenvalue weighted by Gasteiger charge is 2.45. The number of amides is 1.